The van der Waals surface area contributed by atoms with Crippen molar-refractivity contribution >= 4 is 52.8 Å². The number of halogens is 2. The minimum absolute atomic E-state index is 0.00514. The van der Waals surface area contributed by atoms with Crippen molar-refractivity contribution < 1.29 is 37.8 Å². The van der Waals surface area contributed by atoms with E-state index in [0.717, 1.165) is 22.7 Å². The Balaban J connectivity index is 2.05. The van der Waals surface area contributed by atoms with Gasteiger partial charge in [0.15, 0.2) is 0 Å². The van der Waals surface area contributed by atoms with Crippen molar-refractivity contribution in [3.05, 3.63) is 70.0 Å². The number of ether oxygens (including phenoxy) is 3. The van der Waals surface area contributed by atoms with Gasteiger partial charge in [-0.15, -0.1) is 11.8 Å². The Bertz CT molecular complexity index is 1270. The lowest BCUT2D eigenvalue weighted by atomic mass is 9.90. The van der Waals surface area contributed by atoms with E-state index in [1.54, 1.807) is 25.1 Å². The number of hydrogen-bond donors (Lipinski definition) is 0. The molecule has 40 heavy (non-hydrogen) atoms. The molecule has 1 aliphatic carbocycles. The van der Waals surface area contributed by atoms with E-state index < -0.39 is 29.6 Å². The van der Waals surface area contributed by atoms with E-state index in [0.29, 0.717) is 19.4 Å². The molecule has 0 heterocycles. The van der Waals surface area contributed by atoms with Gasteiger partial charge in [0.05, 0.1) is 29.7 Å². The van der Waals surface area contributed by atoms with Crippen molar-refractivity contribution in [3.8, 4) is 0 Å². The molecule has 0 saturated heterocycles. The molecule has 0 spiro atoms. The predicted molar refractivity (Wildman–Crippen MR) is 150 cm³/mol. The highest BCUT2D eigenvalue weighted by molar-refractivity contribution is 8.00. The summed E-state index contributed by atoms with van der Waals surface area (Å²) in [5.74, 6) is -3.80. The SMILES string of the molecule is CCOCCOC(=O)C1=C(C(=O)N(C(=O)c2ccccc2)c2cc(SCC(=O)OCC)c(Cl)cc2F)CCCC1. The van der Waals surface area contributed by atoms with Gasteiger partial charge in [-0.05, 0) is 63.8 Å². The molecule has 0 bridgehead atoms. The summed E-state index contributed by atoms with van der Waals surface area (Å²) in [7, 11) is 0. The summed E-state index contributed by atoms with van der Waals surface area (Å²) in [5.41, 5.74) is 0.0387. The molecule has 0 radical (unpaired) electrons. The number of amides is 2. The first-order valence-electron chi connectivity index (χ1n) is 13.0. The molecule has 0 N–H and O–H groups in total. The molecule has 2 amide bonds. The topological polar surface area (TPSA) is 99.2 Å². The van der Waals surface area contributed by atoms with Gasteiger partial charge in [-0.1, -0.05) is 29.8 Å². The average Bonchev–Trinajstić information content (AvgIpc) is 2.96. The van der Waals surface area contributed by atoms with Gasteiger partial charge >= 0.3 is 11.9 Å². The molecule has 214 valence electrons. The lowest BCUT2D eigenvalue weighted by Gasteiger charge is -2.26. The van der Waals surface area contributed by atoms with E-state index in [4.69, 9.17) is 25.8 Å². The first-order valence-corrected chi connectivity index (χ1v) is 14.3. The summed E-state index contributed by atoms with van der Waals surface area (Å²) in [6, 6.07) is 10.2. The van der Waals surface area contributed by atoms with Crippen molar-refractivity contribution in [3.63, 3.8) is 0 Å². The Labute approximate surface area is 241 Å². The van der Waals surface area contributed by atoms with Crippen LogP contribution in [0.25, 0.3) is 0 Å². The molecule has 11 heteroatoms. The van der Waals surface area contributed by atoms with Crippen LogP contribution < -0.4 is 4.90 Å². The van der Waals surface area contributed by atoms with Crippen LogP contribution in [-0.4, -0.2) is 55.9 Å². The van der Waals surface area contributed by atoms with E-state index in [-0.39, 0.29) is 70.7 Å². The predicted octanol–water partition coefficient (Wildman–Crippen LogP) is 5.76. The standard InChI is InChI=1S/C29H31ClFNO7S/c1-3-37-14-15-39-29(36)21-13-9-8-12-20(21)28(35)32(27(34)19-10-6-5-7-11-19)24-17-25(22(30)16-23(24)31)40-18-26(33)38-4-2/h5-7,10-11,16-17H,3-4,8-9,12-15,18H2,1-2H3. The third-order valence-corrected chi connectivity index (χ3v) is 7.41. The number of benzene rings is 2. The first-order chi connectivity index (χ1) is 19.3. The zero-order valence-electron chi connectivity index (χ0n) is 22.4. The van der Waals surface area contributed by atoms with E-state index in [1.807, 2.05) is 6.92 Å². The summed E-state index contributed by atoms with van der Waals surface area (Å²) >= 11 is 7.23. The number of anilines is 1. The summed E-state index contributed by atoms with van der Waals surface area (Å²) in [6.07, 6.45) is 1.76. The quantitative estimate of drug-likeness (QED) is 0.133. The number of nitrogens with zero attached hydrogens (tertiary/aromatic N) is 1. The van der Waals surface area contributed by atoms with Crippen LogP contribution >= 0.6 is 23.4 Å². The summed E-state index contributed by atoms with van der Waals surface area (Å²) in [5, 5.41) is 0.00514. The van der Waals surface area contributed by atoms with Crippen LogP contribution in [0.2, 0.25) is 5.02 Å². The molecule has 0 fully saturated rings. The molecule has 2 aromatic rings. The highest BCUT2D eigenvalue weighted by Crippen LogP contribution is 2.36. The van der Waals surface area contributed by atoms with E-state index in [2.05, 4.69) is 0 Å². The fourth-order valence-electron chi connectivity index (χ4n) is 4.09. The molecule has 0 aliphatic heterocycles. The summed E-state index contributed by atoms with van der Waals surface area (Å²) in [4.78, 5) is 53.6. The van der Waals surface area contributed by atoms with Crippen LogP contribution in [0.15, 0.2) is 58.5 Å². The molecule has 0 aromatic heterocycles. The van der Waals surface area contributed by atoms with E-state index in [1.165, 1.54) is 18.2 Å². The first kappa shape index (κ1) is 31.3. The van der Waals surface area contributed by atoms with Gasteiger partial charge < -0.3 is 14.2 Å². The molecule has 8 nitrogen and oxygen atoms in total. The van der Waals surface area contributed by atoms with Crippen LogP contribution in [0.5, 0.6) is 0 Å². The summed E-state index contributed by atoms with van der Waals surface area (Å²) < 4.78 is 30.9. The minimum atomic E-state index is -0.916. The maximum Gasteiger partial charge on any atom is 0.334 e. The zero-order valence-corrected chi connectivity index (χ0v) is 23.9. The number of rotatable bonds is 12. The van der Waals surface area contributed by atoms with Crippen LogP contribution in [0.4, 0.5) is 10.1 Å². The number of carbonyl (C=O) groups excluding carboxylic acids is 4. The van der Waals surface area contributed by atoms with Crippen LogP contribution in [0.3, 0.4) is 0 Å². The average molecular weight is 592 g/mol. The molecular weight excluding hydrogens is 561 g/mol. The lowest BCUT2D eigenvalue weighted by Crippen LogP contribution is -2.40. The Morgan fingerprint density at radius 2 is 1.62 bits per heavy atom. The van der Waals surface area contributed by atoms with Gasteiger partial charge in [-0.3, -0.25) is 14.4 Å². The number of imide groups is 1. The van der Waals surface area contributed by atoms with Gasteiger partial charge in [0.1, 0.15) is 12.4 Å². The lowest BCUT2D eigenvalue weighted by molar-refractivity contribution is -0.141. The largest absolute Gasteiger partial charge is 0.465 e. The Morgan fingerprint density at radius 3 is 2.30 bits per heavy atom. The maximum absolute atomic E-state index is 15.4. The molecule has 0 unspecified atom stereocenters. The molecule has 2 aromatic carbocycles. The monoisotopic (exact) mass is 591 g/mol. The third kappa shape index (κ3) is 8.16. The van der Waals surface area contributed by atoms with Crippen molar-refractivity contribution in [1.29, 1.82) is 0 Å². The van der Waals surface area contributed by atoms with E-state index >= 15 is 4.39 Å². The van der Waals surface area contributed by atoms with Crippen molar-refractivity contribution in [2.24, 2.45) is 0 Å². The molecule has 0 atom stereocenters. The van der Waals surface area contributed by atoms with Crippen LogP contribution in [0.1, 0.15) is 49.9 Å². The second-order valence-corrected chi connectivity index (χ2v) is 10.1. The second kappa shape index (κ2) is 15.5. The van der Waals surface area contributed by atoms with Crippen LogP contribution in [-0.2, 0) is 28.6 Å². The van der Waals surface area contributed by atoms with Crippen molar-refractivity contribution in [1.82, 2.24) is 0 Å². The highest BCUT2D eigenvalue weighted by Gasteiger charge is 2.34. The summed E-state index contributed by atoms with van der Waals surface area (Å²) in [6.45, 7) is 4.37. The second-order valence-electron chi connectivity index (χ2n) is 8.64. The minimum Gasteiger partial charge on any atom is -0.465 e. The third-order valence-electron chi connectivity index (χ3n) is 5.96. The Kier molecular flexibility index (Phi) is 12.2. The smallest absolute Gasteiger partial charge is 0.334 e. The molecule has 1 aliphatic rings. The number of hydrogen-bond acceptors (Lipinski definition) is 8. The number of thioether (sulfide) groups is 1. The maximum atomic E-state index is 15.4. The Morgan fingerprint density at radius 1 is 0.925 bits per heavy atom. The highest BCUT2D eigenvalue weighted by atomic mass is 35.5. The van der Waals surface area contributed by atoms with Gasteiger partial charge in [0.25, 0.3) is 11.8 Å². The fourth-order valence-corrected chi connectivity index (χ4v) is 5.15. The van der Waals surface area contributed by atoms with Gasteiger partial charge in [0.2, 0.25) is 0 Å². The van der Waals surface area contributed by atoms with Crippen molar-refractivity contribution in [2.75, 3.05) is 37.1 Å². The zero-order chi connectivity index (χ0) is 29.1. The van der Waals surface area contributed by atoms with Gasteiger partial charge in [0, 0.05) is 28.2 Å². The fraction of sp³-hybridized carbons (Fsp3) is 0.379. The molecule has 3 rings (SSSR count). The van der Waals surface area contributed by atoms with Gasteiger partial charge in [-0.2, -0.15) is 0 Å². The number of esters is 2. The molecular formula is C29H31ClFNO7S. The number of carbonyl (C=O) groups is 4. The Hall–Kier alpha value is -3.21. The van der Waals surface area contributed by atoms with Crippen LogP contribution in [0, 0.1) is 5.82 Å². The normalized spacial score (nSPS) is 13.1. The van der Waals surface area contributed by atoms with Gasteiger partial charge in [-0.25, -0.2) is 14.1 Å². The van der Waals surface area contributed by atoms with Crippen molar-refractivity contribution in [2.45, 2.75) is 44.4 Å². The van der Waals surface area contributed by atoms with E-state index in [9.17, 15) is 19.2 Å². The molecule has 0 saturated carbocycles.